The van der Waals surface area contributed by atoms with E-state index in [1.54, 1.807) is 0 Å². The Kier molecular flexibility index (Phi) is 0.746. The zero-order valence-electron chi connectivity index (χ0n) is 4.75. The summed E-state index contributed by atoms with van der Waals surface area (Å²) in [6.45, 7) is 0. The Morgan fingerprint density at radius 3 is 2.38 bits per heavy atom. The zero-order chi connectivity index (χ0) is 5.72. The molecule has 2 saturated carbocycles. The molecule has 0 saturated heterocycles. The van der Waals surface area contributed by atoms with Gasteiger partial charge in [0.15, 0.2) is 0 Å². The largest absolute Gasteiger partial charge is 0.391 e. The molecule has 0 aromatic heterocycles. The third-order valence-electron chi connectivity index (χ3n) is 2.46. The molecule has 0 radical (unpaired) electrons. The second-order valence-corrected chi connectivity index (χ2v) is 3.04. The molecule has 46 valence electrons. The first-order valence-electron chi connectivity index (χ1n) is 3.22. The van der Waals surface area contributed by atoms with Crippen LogP contribution >= 0.6 is 0 Å². The van der Waals surface area contributed by atoms with Crippen LogP contribution in [0.15, 0.2) is 0 Å². The molecular weight excluding hydrogens is 102 g/mol. The van der Waals surface area contributed by atoms with Crippen LogP contribution in [0.1, 0.15) is 12.8 Å². The van der Waals surface area contributed by atoms with Crippen molar-refractivity contribution in [2.45, 2.75) is 25.0 Å². The number of nitrogens with two attached hydrogens (primary N) is 1. The fourth-order valence-corrected chi connectivity index (χ4v) is 1.77. The molecular formula is C6H11NO. The first kappa shape index (κ1) is 4.77. The van der Waals surface area contributed by atoms with Crippen LogP contribution in [0.25, 0.3) is 0 Å². The lowest BCUT2D eigenvalue weighted by atomic mass is 10.1. The van der Waals surface area contributed by atoms with E-state index >= 15 is 0 Å². The van der Waals surface area contributed by atoms with E-state index in [-0.39, 0.29) is 12.1 Å². The third kappa shape index (κ3) is 0.446. The van der Waals surface area contributed by atoms with E-state index in [0.29, 0.717) is 5.92 Å². The van der Waals surface area contributed by atoms with Gasteiger partial charge in [-0.05, 0) is 24.7 Å². The van der Waals surface area contributed by atoms with Crippen molar-refractivity contribution >= 4 is 0 Å². The average molecular weight is 113 g/mol. The van der Waals surface area contributed by atoms with Crippen LogP contribution in [-0.4, -0.2) is 17.3 Å². The van der Waals surface area contributed by atoms with Gasteiger partial charge in [-0.3, -0.25) is 0 Å². The van der Waals surface area contributed by atoms with Crippen LogP contribution in [0.2, 0.25) is 0 Å². The molecule has 0 aromatic carbocycles. The Balaban J connectivity index is 2.08. The van der Waals surface area contributed by atoms with Crippen molar-refractivity contribution in [3.05, 3.63) is 0 Å². The molecule has 0 heterocycles. The van der Waals surface area contributed by atoms with Gasteiger partial charge in [-0.1, -0.05) is 0 Å². The van der Waals surface area contributed by atoms with Gasteiger partial charge in [-0.2, -0.15) is 0 Å². The number of aliphatic hydroxyl groups excluding tert-OH is 1. The van der Waals surface area contributed by atoms with E-state index in [1.165, 1.54) is 6.42 Å². The molecule has 0 aliphatic heterocycles. The van der Waals surface area contributed by atoms with Crippen molar-refractivity contribution in [2.24, 2.45) is 17.6 Å². The molecule has 3 N–H and O–H groups in total. The summed E-state index contributed by atoms with van der Waals surface area (Å²) in [6, 6.07) is 0.111. The Morgan fingerprint density at radius 2 is 2.12 bits per heavy atom. The van der Waals surface area contributed by atoms with Gasteiger partial charge in [0.2, 0.25) is 0 Å². The Labute approximate surface area is 48.7 Å². The summed E-state index contributed by atoms with van der Waals surface area (Å²) in [4.78, 5) is 0. The Bertz CT molecular complexity index is 113. The summed E-state index contributed by atoms with van der Waals surface area (Å²) in [5, 5.41) is 9.07. The van der Waals surface area contributed by atoms with Crippen LogP contribution in [0.4, 0.5) is 0 Å². The third-order valence-corrected chi connectivity index (χ3v) is 2.46. The highest BCUT2D eigenvalue weighted by molar-refractivity contribution is 5.04. The molecule has 2 nitrogen and oxygen atoms in total. The van der Waals surface area contributed by atoms with Crippen molar-refractivity contribution in [1.82, 2.24) is 0 Å². The lowest BCUT2D eigenvalue weighted by molar-refractivity contribution is 0.149. The van der Waals surface area contributed by atoms with Gasteiger partial charge >= 0.3 is 0 Å². The zero-order valence-corrected chi connectivity index (χ0v) is 4.75. The first-order chi connectivity index (χ1) is 3.79. The smallest absolute Gasteiger partial charge is 0.0696 e. The van der Waals surface area contributed by atoms with Crippen LogP contribution < -0.4 is 5.73 Å². The van der Waals surface area contributed by atoms with Gasteiger partial charge in [-0.25, -0.2) is 0 Å². The molecule has 2 fully saturated rings. The molecule has 2 aliphatic carbocycles. The molecule has 2 heteroatoms. The summed E-state index contributed by atoms with van der Waals surface area (Å²) >= 11 is 0. The molecule has 0 bridgehead atoms. The SMILES string of the molecule is NC1C(O)CC2CC21. The maximum absolute atomic E-state index is 9.07. The standard InChI is InChI=1S/C6H11NO/c7-6-4-1-3(4)2-5(6)8/h3-6,8H,1-2,7H2. The van der Waals surface area contributed by atoms with Gasteiger partial charge in [-0.15, -0.1) is 0 Å². The predicted octanol–water partition coefficient (Wildman–Crippen LogP) is -0.286. The Morgan fingerprint density at radius 1 is 1.38 bits per heavy atom. The van der Waals surface area contributed by atoms with Crippen molar-refractivity contribution in [3.8, 4) is 0 Å². The number of fused-ring (bicyclic) bond motifs is 1. The molecule has 0 spiro atoms. The molecule has 2 rings (SSSR count). The highest BCUT2D eigenvalue weighted by Crippen LogP contribution is 2.50. The minimum atomic E-state index is -0.182. The van der Waals surface area contributed by atoms with Crippen molar-refractivity contribution in [1.29, 1.82) is 0 Å². The number of rotatable bonds is 0. The minimum Gasteiger partial charge on any atom is -0.391 e. The molecule has 8 heavy (non-hydrogen) atoms. The van der Waals surface area contributed by atoms with E-state index in [0.717, 1.165) is 12.3 Å². The molecule has 4 unspecified atom stereocenters. The average Bonchev–Trinajstić information content (AvgIpc) is 2.39. The van der Waals surface area contributed by atoms with Crippen molar-refractivity contribution in [3.63, 3.8) is 0 Å². The Hall–Kier alpha value is -0.0800. The summed E-state index contributed by atoms with van der Waals surface area (Å²) < 4.78 is 0. The van der Waals surface area contributed by atoms with Crippen LogP contribution in [-0.2, 0) is 0 Å². The second-order valence-electron chi connectivity index (χ2n) is 3.04. The maximum Gasteiger partial charge on any atom is 0.0696 e. The summed E-state index contributed by atoms with van der Waals surface area (Å²) in [6.07, 6.45) is 2.06. The molecule has 2 aliphatic rings. The summed E-state index contributed by atoms with van der Waals surface area (Å²) in [5.74, 6) is 1.48. The second kappa shape index (κ2) is 1.25. The summed E-state index contributed by atoms with van der Waals surface area (Å²) in [5.41, 5.74) is 5.61. The minimum absolute atomic E-state index is 0.111. The van der Waals surface area contributed by atoms with Crippen molar-refractivity contribution in [2.75, 3.05) is 0 Å². The van der Waals surface area contributed by atoms with E-state index < -0.39 is 0 Å². The van der Waals surface area contributed by atoms with E-state index in [9.17, 15) is 0 Å². The number of hydrogen-bond acceptors (Lipinski definition) is 2. The number of aliphatic hydroxyl groups is 1. The molecule has 0 amide bonds. The quantitative estimate of drug-likeness (QED) is 0.453. The lowest BCUT2D eigenvalue weighted by Gasteiger charge is -2.09. The molecule has 0 aromatic rings. The van der Waals surface area contributed by atoms with Gasteiger partial charge in [0, 0.05) is 6.04 Å². The number of hydrogen-bond donors (Lipinski definition) is 2. The van der Waals surface area contributed by atoms with Crippen LogP contribution in [0.3, 0.4) is 0 Å². The van der Waals surface area contributed by atoms with Crippen LogP contribution in [0.5, 0.6) is 0 Å². The fourth-order valence-electron chi connectivity index (χ4n) is 1.77. The fraction of sp³-hybridized carbons (Fsp3) is 1.00. The van der Waals surface area contributed by atoms with E-state index in [2.05, 4.69) is 0 Å². The maximum atomic E-state index is 9.07. The highest BCUT2D eigenvalue weighted by Gasteiger charge is 2.51. The van der Waals surface area contributed by atoms with Gasteiger partial charge in [0.05, 0.1) is 6.10 Å². The predicted molar refractivity (Wildman–Crippen MR) is 30.2 cm³/mol. The summed E-state index contributed by atoms with van der Waals surface area (Å²) in [7, 11) is 0. The van der Waals surface area contributed by atoms with E-state index in [4.69, 9.17) is 10.8 Å². The lowest BCUT2D eigenvalue weighted by Crippen LogP contribution is -2.32. The normalized spacial score (nSPS) is 60.8. The van der Waals surface area contributed by atoms with Crippen molar-refractivity contribution < 1.29 is 5.11 Å². The van der Waals surface area contributed by atoms with Crippen LogP contribution in [0, 0.1) is 11.8 Å². The molecule has 4 atom stereocenters. The highest BCUT2D eigenvalue weighted by atomic mass is 16.3. The topological polar surface area (TPSA) is 46.2 Å². The van der Waals surface area contributed by atoms with Gasteiger partial charge in [0.1, 0.15) is 0 Å². The first-order valence-corrected chi connectivity index (χ1v) is 3.22. The van der Waals surface area contributed by atoms with Gasteiger partial charge < -0.3 is 10.8 Å². The monoisotopic (exact) mass is 113 g/mol. The van der Waals surface area contributed by atoms with E-state index in [1.807, 2.05) is 0 Å². The van der Waals surface area contributed by atoms with Gasteiger partial charge in [0.25, 0.3) is 0 Å².